The molecule has 2 aromatic carbocycles. The molecule has 6 heteroatoms. The van der Waals surface area contributed by atoms with Crippen LogP contribution in [-0.2, 0) is 0 Å². The number of anilines is 1. The molecule has 0 aromatic heterocycles. The zero-order valence-corrected chi connectivity index (χ0v) is 10.3. The van der Waals surface area contributed by atoms with Gasteiger partial charge in [-0.3, -0.25) is 0 Å². The number of carboxylic acid groups (broad SMARTS) is 1. The number of benzene rings is 2. The summed E-state index contributed by atoms with van der Waals surface area (Å²) in [7, 11) is 0. The maximum absolute atomic E-state index is 13.5. The van der Waals surface area contributed by atoms with Crippen LogP contribution >= 0.6 is 11.6 Å². The molecular weight excluding hydrogens is 273 g/mol. The summed E-state index contributed by atoms with van der Waals surface area (Å²) >= 11 is 5.89. The van der Waals surface area contributed by atoms with Gasteiger partial charge in [0.15, 0.2) is 5.75 Å². The molecule has 0 saturated carbocycles. The number of ether oxygens (including phenoxy) is 1. The second-order valence-corrected chi connectivity index (χ2v) is 4.11. The number of nitrogens with two attached hydrogens (primary N) is 1. The average molecular weight is 282 g/mol. The molecule has 0 atom stereocenters. The lowest BCUT2D eigenvalue weighted by Gasteiger charge is -2.10. The number of aromatic carboxylic acids is 1. The van der Waals surface area contributed by atoms with Crippen molar-refractivity contribution in [1.29, 1.82) is 0 Å². The van der Waals surface area contributed by atoms with Crippen LogP contribution in [0.2, 0.25) is 5.02 Å². The maximum atomic E-state index is 13.5. The molecule has 2 rings (SSSR count). The van der Waals surface area contributed by atoms with E-state index in [-0.39, 0.29) is 11.4 Å². The summed E-state index contributed by atoms with van der Waals surface area (Å²) in [4.78, 5) is 10.7. The van der Waals surface area contributed by atoms with Gasteiger partial charge in [-0.05, 0) is 18.2 Å². The van der Waals surface area contributed by atoms with E-state index in [4.69, 9.17) is 27.2 Å². The number of hydrogen-bond donors (Lipinski definition) is 2. The Bertz CT molecular complexity index is 646. The van der Waals surface area contributed by atoms with Gasteiger partial charge in [0, 0.05) is 6.07 Å². The first kappa shape index (κ1) is 13.2. The minimum Gasteiger partial charge on any atom is -0.478 e. The van der Waals surface area contributed by atoms with Crippen LogP contribution in [0, 0.1) is 5.82 Å². The van der Waals surface area contributed by atoms with E-state index in [1.807, 2.05) is 0 Å². The fraction of sp³-hybridized carbons (Fsp3) is 0. The van der Waals surface area contributed by atoms with Crippen LogP contribution in [0.25, 0.3) is 0 Å². The van der Waals surface area contributed by atoms with Gasteiger partial charge in [0.2, 0.25) is 0 Å². The third kappa shape index (κ3) is 2.77. The third-order valence-electron chi connectivity index (χ3n) is 2.39. The lowest BCUT2D eigenvalue weighted by atomic mass is 10.1. The highest BCUT2D eigenvalue weighted by Crippen LogP contribution is 2.33. The van der Waals surface area contributed by atoms with Gasteiger partial charge in [-0.25, -0.2) is 9.18 Å². The Hall–Kier alpha value is -2.27. The summed E-state index contributed by atoms with van der Waals surface area (Å²) in [5.74, 6) is -2.01. The Morgan fingerprint density at radius 2 is 1.95 bits per heavy atom. The molecule has 0 bridgehead atoms. The normalized spacial score (nSPS) is 10.2. The number of rotatable bonds is 3. The van der Waals surface area contributed by atoms with E-state index in [2.05, 4.69) is 0 Å². The molecule has 4 nitrogen and oxygen atoms in total. The molecule has 0 aliphatic heterocycles. The lowest BCUT2D eigenvalue weighted by Crippen LogP contribution is -2.03. The van der Waals surface area contributed by atoms with Gasteiger partial charge < -0.3 is 15.6 Å². The molecule has 0 spiro atoms. The van der Waals surface area contributed by atoms with Gasteiger partial charge in [0.25, 0.3) is 0 Å². The van der Waals surface area contributed by atoms with E-state index >= 15 is 0 Å². The molecule has 0 aliphatic rings. The minimum absolute atomic E-state index is 0.00981. The van der Waals surface area contributed by atoms with Gasteiger partial charge in [-0.2, -0.15) is 0 Å². The van der Waals surface area contributed by atoms with Crippen LogP contribution in [-0.4, -0.2) is 11.1 Å². The van der Waals surface area contributed by atoms with Crippen LogP contribution in [0.3, 0.4) is 0 Å². The van der Waals surface area contributed by atoms with Crippen LogP contribution in [0.15, 0.2) is 36.4 Å². The van der Waals surface area contributed by atoms with Crippen molar-refractivity contribution in [2.75, 3.05) is 5.73 Å². The summed E-state index contributed by atoms with van der Waals surface area (Å²) in [6.07, 6.45) is 0. The SMILES string of the molecule is Nc1cc(C(=O)O)c(F)cc1Oc1ccccc1Cl. The molecule has 0 radical (unpaired) electrons. The van der Waals surface area contributed by atoms with Gasteiger partial charge in [-0.15, -0.1) is 0 Å². The molecule has 19 heavy (non-hydrogen) atoms. The van der Waals surface area contributed by atoms with E-state index in [9.17, 15) is 9.18 Å². The van der Waals surface area contributed by atoms with Gasteiger partial charge in [-0.1, -0.05) is 23.7 Å². The second kappa shape index (κ2) is 5.16. The highest BCUT2D eigenvalue weighted by molar-refractivity contribution is 6.32. The second-order valence-electron chi connectivity index (χ2n) is 3.71. The Morgan fingerprint density at radius 3 is 2.58 bits per heavy atom. The zero-order chi connectivity index (χ0) is 14.0. The van der Waals surface area contributed by atoms with E-state index in [0.29, 0.717) is 10.8 Å². The molecule has 2 aromatic rings. The minimum atomic E-state index is -1.39. The van der Waals surface area contributed by atoms with E-state index in [1.54, 1.807) is 24.3 Å². The maximum Gasteiger partial charge on any atom is 0.338 e. The molecular formula is C13H9ClFNO3. The van der Waals surface area contributed by atoms with E-state index in [1.165, 1.54) is 0 Å². The topological polar surface area (TPSA) is 72.6 Å². The zero-order valence-electron chi connectivity index (χ0n) is 9.56. The lowest BCUT2D eigenvalue weighted by molar-refractivity contribution is 0.0692. The first-order valence-electron chi connectivity index (χ1n) is 5.23. The number of carbonyl (C=O) groups is 1. The van der Waals surface area contributed by atoms with Gasteiger partial charge in [0.05, 0.1) is 16.3 Å². The van der Waals surface area contributed by atoms with E-state index in [0.717, 1.165) is 12.1 Å². The fourth-order valence-electron chi connectivity index (χ4n) is 1.47. The smallest absolute Gasteiger partial charge is 0.338 e. The highest BCUT2D eigenvalue weighted by Gasteiger charge is 2.15. The standard InChI is InChI=1S/C13H9ClFNO3/c14-8-3-1-2-4-11(8)19-12-6-9(15)7(13(17)18)5-10(12)16/h1-6H,16H2,(H,17,18). The number of carboxylic acids is 1. The molecule has 3 N–H and O–H groups in total. The van der Waals surface area contributed by atoms with Crippen molar-refractivity contribution < 1.29 is 19.0 Å². The Kier molecular flexibility index (Phi) is 3.57. The van der Waals surface area contributed by atoms with E-state index < -0.39 is 17.3 Å². The van der Waals surface area contributed by atoms with Crippen molar-refractivity contribution in [3.05, 3.63) is 52.8 Å². The summed E-state index contributed by atoms with van der Waals surface area (Å²) in [5.41, 5.74) is 5.13. The monoisotopic (exact) mass is 281 g/mol. The molecule has 0 amide bonds. The third-order valence-corrected chi connectivity index (χ3v) is 2.70. The van der Waals surface area contributed by atoms with Gasteiger partial charge >= 0.3 is 5.97 Å². The Morgan fingerprint density at radius 1 is 1.26 bits per heavy atom. The van der Waals surface area contributed by atoms with Gasteiger partial charge in [0.1, 0.15) is 11.6 Å². The van der Waals surface area contributed by atoms with Crippen LogP contribution in [0.5, 0.6) is 11.5 Å². The summed E-state index contributed by atoms with van der Waals surface area (Å²) in [6, 6.07) is 8.53. The molecule has 0 heterocycles. The van der Waals surface area contributed by atoms with Crippen molar-refractivity contribution in [3.8, 4) is 11.5 Å². The predicted octanol–water partition coefficient (Wildman–Crippen LogP) is 3.55. The summed E-state index contributed by atoms with van der Waals surface area (Å²) in [5, 5.41) is 9.09. The fourth-order valence-corrected chi connectivity index (χ4v) is 1.64. The number of hydrogen-bond acceptors (Lipinski definition) is 3. The van der Waals surface area contributed by atoms with Crippen molar-refractivity contribution in [2.45, 2.75) is 0 Å². The van der Waals surface area contributed by atoms with Crippen molar-refractivity contribution in [2.24, 2.45) is 0 Å². The number of para-hydroxylation sites is 1. The summed E-state index contributed by atoms with van der Waals surface area (Å²) < 4.78 is 18.9. The number of halogens is 2. The molecule has 0 fully saturated rings. The van der Waals surface area contributed by atoms with Crippen LogP contribution in [0.4, 0.5) is 10.1 Å². The first-order chi connectivity index (χ1) is 8.99. The first-order valence-corrected chi connectivity index (χ1v) is 5.61. The van der Waals surface area contributed by atoms with Crippen molar-refractivity contribution in [3.63, 3.8) is 0 Å². The molecule has 98 valence electrons. The van der Waals surface area contributed by atoms with Crippen molar-refractivity contribution >= 4 is 23.3 Å². The molecule has 0 saturated heterocycles. The Labute approximate surface area is 113 Å². The highest BCUT2D eigenvalue weighted by atomic mass is 35.5. The Balaban J connectivity index is 2.39. The molecule has 0 unspecified atom stereocenters. The van der Waals surface area contributed by atoms with Crippen LogP contribution < -0.4 is 10.5 Å². The quantitative estimate of drug-likeness (QED) is 0.844. The number of nitrogen functional groups attached to an aromatic ring is 1. The molecule has 0 aliphatic carbocycles. The van der Waals surface area contributed by atoms with Crippen LogP contribution in [0.1, 0.15) is 10.4 Å². The largest absolute Gasteiger partial charge is 0.478 e. The summed E-state index contributed by atoms with van der Waals surface area (Å²) in [6.45, 7) is 0. The van der Waals surface area contributed by atoms with Crippen molar-refractivity contribution in [1.82, 2.24) is 0 Å². The average Bonchev–Trinajstić information content (AvgIpc) is 2.35. The predicted molar refractivity (Wildman–Crippen MR) is 69.3 cm³/mol.